The van der Waals surface area contributed by atoms with Gasteiger partial charge in [-0.2, -0.15) is 0 Å². The van der Waals surface area contributed by atoms with Crippen LogP contribution >= 0.6 is 22.9 Å². The molecule has 0 bridgehead atoms. The number of fused-ring (bicyclic) bond motifs is 3. The number of anilines is 4. The lowest BCUT2D eigenvalue weighted by Crippen LogP contribution is -2.54. The van der Waals surface area contributed by atoms with Gasteiger partial charge < -0.3 is 29.9 Å². The first kappa shape index (κ1) is 43.2. The molecule has 334 valence electrons. The number of nitrogens with one attached hydrogen (secondary N) is 3. The molecular formula is C44H47ClN10O8S. The minimum absolute atomic E-state index is 0.0236. The van der Waals surface area contributed by atoms with Gasteiger partial charge in [-0.3, -0.25) is 43.9 Å². The zero-order chi connectivity index (χ0) is 44.7. The third-order valence-electron chi connectivity index (χ3n) is 12.6. The van der Waals surface area contributed by atoms with Gasteiger partial charge >= 0.3 is 0 Å². The first-order chi connectivity index (χ1) is 30.9. The van der Waals surface area contributed by atoms with Gasteiger partial charge in [0, 0.05) is 69.3 Å². The number of rotatable bonds is 12. The van der Waals surface area contributed by atoms with Crippen molar-refractivity contribution in [3.63, 3.8) is 0 Å². The molecule has 0 saturated carbocycles. The number of piperazine rings is 1. The number of hydrogen-bond acceptors (Lipinski definition) is 15. The number of halogens is 1. The molecule has 1 atom stereocenters. The number of ether oxygens (including phenoxy) is 2. The van der Waals surface area contributed by atoms with Crippen LogP contribution in [0.15, 0.2) is 42.6 Å². The second kappa shape index (κ2) is 17.9. The number of aryl methyl sites for hydroxylation is 2. The molecule has 3 fully saturated rings. The summed E-state index contributed by atoms with van der Waals surface area (Å²) in [7, 11) is 0. The second-order valence-corrected chi connectivity index (χ2v) is 18.1. The van der Waals surface area contributed by atoms with Gasteiger partial charge in [-0.15, -0.1) is 0 Å². The van der Waals surface area contributed by atoms with Crippen molar-refractivity contribution in [1.29, 1.82) is 0 Å². The minimum Gasteiger partial charge on any atom is -0.492 e. The van der Waals surface area contributed by atoms with E-state index in [9.17, 15) is 28.8 Å². The van der Waals surface area contributed by atoms with Crippen molar-refractivity contribution >= 4 is 80.8 Å². The van der Waals surface area contributed by atoms with Gasteiger partial charge in [0.2, 0.25) is 17.7 Å². The van der Waals surface area contributed by atoms with E-state index in [0.29, 0.717) is 83.9 Å². The highest BCUT2D eigenvalue weighted by atomic mass is 35.5. The number of aromatic nitrogens is 3. The van der Waals surface area contributed by atoms with Crippen LogP contribution in [-0.4, -0.2) is 137 Å². The Hall–Kier alpha value is -6.02. The number of likely N-dealkylation sites (tertiary alicyclic amines) is 1. The molecule has 2 aromatic heterocycles. The zero-order valence-corrected chi connectivity index (χ0v) is 37.0. The van der Waals surface area contributed by atoms with Crippen molar-refractivity contribution in [2.24, 2.45) is 0 Å². The van der Waals surface area contributed by atoms with E-state index in [0.717, 1.165) is 54.6 Å². The van der Waals surface area contributed by atoms with Gasteiger partial charge in [0.05, 0.1) is 54.3 Å². The molecule has 5 aliphatic rings. The maximum atomic E-state index is 13.5. The molecule has 6 amide bonds. The highest BCUT2D eigenvalue weighted by Crippen LogP contribution is 2.48. The first-order valence-electron chi connectivity index (χ1n) is 21.4. The number of hydrogen-bond donors (Lipinski definition) is 3. The minimum atomic E-state index is -1.04. The lowest BCUT2D eigenvalue weighted by Gasteiger charge is -2.38. The van der Waals surface area contributed by atoms with Crippen molar-refractivity contribution in [1.82, 2.24) is 35.0 Å². The summed E-state index contributed by atoms with van der Waals surface area (Å²) in [5.74, 6) is 0.0746. The molecule has 18 nitrogen and oxygen atoms in total. The van der Waals surface area contributed by atoms with E-state index in [1.807, 2.05) is 36.9 Å². The van der Waals surface area contributed by atoms with E-state index in [1.54, 1.807) is 18.2 Å². The predicted molar refractivity (Wildman–Crippen MR) is 236 cm³/mol. The Morgan fingerprint density at radius 1 is 0.984 bits per heavy atom. The SMILES string of the molecule is Cc1nc(Nc2ncc(C(=O)Nc3c(C)cccc3Cl)s2)cc(N2CCN(CCOCCC(=O)N3CCC4(CC3)COc3cc5c(cc34)C(=O)N(C3CCC(=O)NC3=O)C5=O)CC2)n1. The number of nitrogens with zero attached hydrogens (tertiary/aromatic N) is 7. The average Bonchev–Trinajstić information content (AvgIpc) is 3.95. The van der Waals surface area contributed by atoms with E-state index >= 15 is 0 Å². The molecule has 20 heteroatoms. The molecule has 3 saturated heterocycles. The third-order valence-corrected chi connectivity index (χ3v) is 13.9. The molecule has 5 aliphatic heterocycles. The molecule has 64 heavy (non-hydrogen) atoms. The van der Waals surface area contributed by atoms with E-state index in [-0.39, 0.29) is 42.2 Å². The predicted octanol–water partition coefficient (Wildman–Crippen LogP) is 4.08. The quantitative estimate of drug-likeness (QED) is 0.135. The summed E-state index contributed by atoms with van der Waals surface area (Å²) in [6, 6.07) is 9.63. The Morgan fingerprint density at radius 2 is 1.75 bits per heavy atom. The van der Waals surface area contributed by atoms with Crippen LogP contribution in [-0.2, 0) is 24.5 Å². The van der Waals surface area contributed by atoms with E-state index < -0.39 is 35.1 Å². The molecule has 2 aromatic carbocycles. The Balaban J connectivity index is 0.697. The van der Waals surface area contributed by atoms with Crippen molar-refractivity contribution in [2.75, 3.05) is 81.2 Å². The van der Waals surface area contributed by atoms with Crippen molar-refractivity contribution in [3.05, 3.63) is 80.6 Å². The standard InChI is InChI=1S/C44H47ClN10O8S/c1-25-4-3-5-30(45)38(25)51-40(59)33-23-46-43(64-33)49-34-22-35(48-26(2)47-34)53-15-13-52(14-16-53)17-19-62-18-8-37(57)54-11-9-44(10-12-54)24-63-32-21-28-27(20-29(32)44)41(60)55(42(28)61)31-6-7-36(56)50-39(31)58/h3-5,20-23,31H,6-19,24H2,1-2H3,(H,51,59)(H,50,56,58)(H,46,47,48,49). The lowest BCUT2D eigenvalue weighted by molar-refractivity contribution is -0.136. The van der Waals surface area contributed by atoms with E-state index in [4.69, 9.17) is 21.1 Å². The maximum Gasteiger partial charge on any atom is 0.267 e. The topological polar surface area (TPSA) is 209 Å². The van der Waals surface area contributed by atoms with Gasteiger partial charge in [0.25, 0.3) is 17.7 Å². The van der Waals surface area contributed by atoms with Gasteiger partial charge in [-0.1, -0.05) is 35.1 Å². The fourth-order valence-electron chi connectivity index (χ4n) is 9.03. The molecular weight excluding hydrogens is 864 g/mol. The molecule has 1 unspecified atom stereocenters. The summed E-state index contributed by atoms with van der Waals surface area (Å²) in [5, 5.41) is 9.33. The molecule has 1 spiro atoms. The fraction of sp³-hybridized carbons (Fsp3) is 0.432. The van der Waals surface area contributed by atoms with E-state index in [1.165, 1.54) is 17.5 Å². The summed E-state index contributed by atoms with van der Waals surface area (Å²) in [5.41, 5.74) is 2.31. The van der Waals surface area contributed by atoms with Crippen LogP contribution in [0.2, 0.25) is 5.02 Å². The number of carbonyl (C=O) groups excluding carboxylic acids is 6. The number of carbonyl (C=O) groups is 6. The first-order valence-corrected chi connectivity index (χ1v) is 22.6. The Morgan fingerprint density at radius 3 is 2.50 bits per heavy atom. The van der Waals surface area contributed by atoms with Crippen LogP contribution in [0.5, 0.6) is 5.75 Å². The Labute approximate surface area is 377 Å². The average molecular weight is 911 g/mol. The van der Waals surface area contributed by atoms with Crippen LogP contribution in [0.25, 0.3) is 0 Å². The lowest BCUT2D eigenvalue weighted by atomic mass is 9.73. The highest BCUT2D eigenvalue weighted by Gasteiger charge is 2.49. The van der Waals surface area contributed by atoms with Crippen LogP contribution in [0.1, 0.15) is 79.4 Å². The molecule has 3 N–H and O–H groups in total. The molecule has 0 aliphatic carbocycles. The molecule has 4 aromatic rings. The fourth-order valence-corrected chi connectivity index (χ4v) is 10.0. The molecule has 0 radical (unpaired) electrons. The maximum absolute atomic E-state index is 13.5. The monoisotopic (exact) mass is 910 g/mol. The summed E-state index contributed by atoms with van der Waals surface area (Å²) in [6.45, 7) is 9.89. The van der Waals surface area contributed by atoms with Gasteiger partial charge in [-0.05, 0) is 56.9 Å². The van der Waals surface area contributed by atoms with Crippen molar-refractivity contribution in [3.8, 4) is 5.75 Å². The number of para-hydroxylation sites is 1. The summed E-state index contributed by atoms with van der Waals surface area (Å²) >= 11 is 7.51. The van der Waals surface area contributed by atoms with Crippen molar-refractivity contribution in [2.45, 2.75) is 57.4 Å². The van der Waals surface area contributed by atoms with Gasteiger partial charge in [0.15, 0.2) is 5.13 Å². The molecule has 7 heterocycles. The Kier molecular flexibility index (Phi) is 12.1. The van der Waals surface area contributed by atoms with E-state index in [2.05, 4.69) is 40.7 Å². The Bertz CT molecular complexity index is 2530. The van der Waals surface area contributed by atoms with Crippen LogP contribution < -0.4 is 25.6 Å². The zero-order valence-electron chi connectivity index (χ0n) is 35.4. The largest absolute Gasteiger partial charge is 0.492 e. The van der Waals surface area contributed by atoms with Crippen LogP contribution in [0, 0.1) is 13.8 Å². The number of benzene rings is 2. The second-order valence-electron chi connectivity index (χ2n) is 16.7. The highest BCUT2D eigenvalue weighted by molar-refractivity contribution is 7.17. The summed E-state index contributed by atoms with van der Waals surface area (Å²) in [6.07, 6.45) is 3.21. The van der Waals surface area contributed by atoms with Gasteiger partial charge in [0.1, 0.15) is 34.1 Å². The van der Waals surface area contributed by atoms with Crippen molar-refractivity contribution < 1.29 is 38.2 Å². The number of thiazole rings is 1. The number of amides is 6. The summed E-state index contributed by atoms with van der Waals surface area (Å²) in [4.78, 5) is 98.6. The number of piperidine rings is 2. The smallest absolute Gasteiger partial charge is 0.267 e. The number of imide groups is 2. The third kappa shape index (κ3) is 8.64. The van der Waals surface area contributed by atoms with Crippen LogP contribution in [0.4, 0.5) is 22.5 Å². The molecule has 9 rings (SSSR count). The summed E-state index contributed by atoms with van der Waals surface area (Å²) < 4.78 is 12.0. The van der Waals surface area contributed by atoms with Crippen LogP contribution in [0.3, 0.4) is 0 Å². The normalized spacial score (nSPS) is 19.4. The van der Waals surface area contributed by atoms with Gasteiger partial charge in [-0.25, -0.2) is 15.0 Å².